The lowest BCUT2D eigenvalue weighted by atomic mass is 10.1. The number of nitrogens with zero attached hydrogens (tertiary/aromatic N) is 2. The molecule has 0 aliphatic carbocycles. The molecule has 0 radical (unpaired) electrons. The van der Waals surface area contributed by atoms with Crippen molar-refractivity contribution in [2.75, 3.05) is 40.3 Å². The Labute approximate surface area is 200 Å². The number of carbonyl (C=O) groups is 2. The number of hydrogen-bond donors (Lipinski definition) is 1. The van der Waals surface area contributed by atoms with Gasteiger partial charge in [-0.05, 0) is 60.0 Å². The Morgan fingerprint density at radius 1 is 0.971 bits per heavy atom. The van der Waals surface area contributed by atoms with Crippen LogP contribution in [0.3, 0.4) is 0 Å². The van der Waals surface area contributed by atoms with Gasteiger partial charge in [-0.2, -0.15) is 0 Å². The van der Waals surface area contributed by atoms with E-state index in [1.807, 2.05) is 42.6 Å². The van der Waals surface area contributed by atoms with Crippen LogP contribution in [0.2, 0.25) is 0 Å². The molecule has 1 fully saturated rings. The van der Waals surface area contributed by atoms with E-state index in [0.717, 1.165) is 60.5 Å². The molecule has 2 heterocycles. The molecule has 34 heavy (non-hydrogen) atoms. The minimum Gasteiger partial charge on any atom is -0.496 e. The van der Waals surface area contributed by atoms with Crippen molar-refractivity contribution in [3.8, 4) is 5.75 Å². The number of ketones is 2. The Morgan fingerprint density at radius 3 is 2.50 bits per heavy atom. The predicted octanol–water partition coefficient (Wildman–Crippen LogP) is 4.18. The van der Waals surface area contributed by atoms with E-state index in [0.29, 0.717) is 0 Å². The molecule has 1 N–H and O–H groups in total. The highest BCUT2D eigenvalue weighted by Crippen LogP contribution is 2.23. The van der Waals surface area contributed by atoms with E-state index in [4.69, 9.17) is 4.74 Å². The van der Waals surface area contributed by atoms with Crippen LogP contribution in [0, 0.1) is 0 Å². The second-order valence-corrected chi connectivity index (χ2v) is 8.76. The second-order valence-electron chi connectivity index (χ2n) is 8.76. The van der Waals surface area contributed by atoms with E-state index in [1.54, 1.807) is 19.3 Å². The Morgan fingerprint density at radius 2 is 1.74 bits per heavy atom. The monoisotopic (exact) mass is 457 g/mol. The largest absolute Gasteiger partial charge is 0.496 e. The SMILES string of the molecule is COc1cc(CN2CCN(C)CC2)ccc1C=CC(=O)CC(=O)C=Cc1ccc2cc[nH]c2c1. The van der Waals surface area contributed by atoms with Crippen LogP contribution in [0.1, 0.15) is 23.1 Å². The molecule has 0 atom stereocenters. The van der Waals surface area contributed by atoms with Crippen molar-refractivity contribution in [3.05, 3.63) is 77.5 Å². The highest BCUT2D eigenvalue weighted by molar-refractivity contribution is 6.11. The van der Waals surface area contributed by atoms with Crippen LogP contribution >= 0.6 is 0 Å². The second kappa shape index (κ2) is 11.1. The van der Waals surface area contributed by atoms with Crippen molar-refractivity contribution < 1.29 is 14.3 Å². The molecule has 0 unspecified atom stereocenters. The Hall–Kier alpha value is -3.48. The van der Waals surface area contributed by atoms with Gasteiger partial charge in [0.15, 0.2) is 11.6 Å². The molecule has 2 aromatic carbocycles. The van der Waals surface area contributed by atoms with E-state index < -0.39 is 0 Å². The number of rotatable bonds is 9. The minimum absolute atomic E-state index is 0.165. The standard InChI is InChI=1S/C28H31N3O3/c1-30-13-15-31(16-14-30)20-22-4-7-24(28(18-22)34-2)8-10-26(33)19-25(32)9-5-21-3-6-23-11-12-29-27(23)17-21/h3-12,17-18,29H,13-16,19-20H2,1-2H3. The maximum atomic E-state index is 12.3. The van der Waals surface area contributed by atoms with Gasteiger partial charge in [0.25, 0.3) is 0 Å². The Kier molecular flexibility index (Phi) is 7.72. The fraction of sp³-hybridized carbons (Fsp3) is 0.286. The molecule has 0 saturated carbocycles. The topological polar surface area (TPSA) is 65.6 Å². The van der Waals surface area contributed by atoms with Gasteiger partial charge in [-0.1, -0.05) is 30.3 Å². The molecular weight excluding hydrogens is 426 g/mol. The van der Waals surface area contributed by atoms with Crippen molar-refractivity contribution in [2.45, 2.75) is 13.0 Å². The molecule has 6 heteroatoms. The lowest BCUT2D eigenvalue weighted by molar-refractivity contribution is -0.121. The zero-order valence-corrected chi connectivity index (χ0v) is 19.8. The van der Waals surface area contributed by atoms with Gasteiger partial charge >= 0.3 is 0 Å². The molecule has 0 spiro atoms. The van der Waals surface area contributed by atoms with Crippen molar-refractivity contribution in [1.82, 2.24) is 14.8 Å². The molecule has 0 amide bonds. The third-order valence-corrected chi connectivity index (χ3v) is 6.14. The number of nitrogens with one attached hydrogen (secondary N) is 1. The quantitative estimate of drug-likeness (QED) is 0.386. The van der Waals surface area contributed by atoms with Crippen LogP contribution < -0.4 is 4.74 Å². The number of allylic oxidation sites excluding steroid dienone is 2. The van der Waals surface area contributed by atoms with Crippen molar-refractivity contribution >= 4 is 34.6 Å². The molecular formula is C28H31N3O3. The van der Waals surface area contributed by atoms with E-state index >= 15 is 0 Å². The van der Waals surface area contributed by atoms with Gasteiger partial charge < -0.3 is 14.6 Å². The van der Waals surface area contributed by atoms with Crippen LogP contribution in [0.15, 0.2) is 60.8 Å². The summed E-state index contributed by atoms with van der Waals surface area (Å²) in [5, 5.41) is 1.12. The first kappa shape index (κ1) is 23.7. The number of aromatic amines is 1. The lowest BCUT2D eigenvalue weighted by Crippen LogP contribution is -2.43. The van der Waals surface area contributed by atoms with Gasteiger partial charge in [-0.25, -0.2) is 0 Å². The fourth-order valence-electron chi connectivity index (χ4n) is 4.09. The Bertz CT molecular complexity index is 1220. The van der Waals surface area contributed by atoms with Crippen molar-refractivity contribution in [2.24, 2.45) is 0 Å². The highest BCUT2D eigenvalue weighted by atomic mass is 16.5. The molecule has 6 nitrogen and oxygen atoms in total. The number of fused-ring (bicyclic) bond motifs is 1. The summed E-state index contributed by atoms with van der Waals surface area (Å²) in [5.74, 6) is 0.260. The minimum atomic E-state index is -0.238. The lowest BCUT2D eigenvalue weighted by Gasteiger charge is -2.32. The van der Waals surface area contributed by atoms with E-state index in [-0.39, 0.29) is 18.0 Å². The zero-order chi connectivity index (χ0) is 23.9. The molecule has 1 aromatic heterocycles. The third kappa shape index (κ3) is 6.31. The van der Waals surface area contributed by atoms with Gasteiger partial charge in [-0.3, -0.25) is 14.5 Å². The van der Waals surface area contributed by atoms with Gasteiger partial charge in [0.05, 0.1) is 13.5 Å². The summed E-state index contributed by atoms with van der Waals surface area (Å²) >= 11 is 0. The van der Waals surface area contributed by atoms with Crippen LogP contribution in [0.5, 0.6) is 5.75 Å². The summed E-state index contributed by atoms with van der Waals surface area (Å²) in [4.78, 5) is 32.5. The number of aromatic nitrogens is 1. The molecule has 4 rings (SSSR count). The van der Waals surface area contributed by atoms with Crippen LogP contribution in [0.4, 0.5) is 0 Å². The first-order valence-corrected chi connectivity index (χ1v) is 11.6. The first-order chi connectivity index (χ1) is 16.5. The van der Waals surface area contributed by atoms with Gasteiger partial charge in [0.2, 0.25) is 0 Å². The Balaban J connectivity index is 1.32. The molecule has 1 aliphatic heterocycles. The van der Waals surface area contributed by atoms with E-state index in [9.17, 15) is 9.59 Å². The number of likely N-dealkylation sites (N-methyl/N-ethyl adjacent to an activating group) is 1. The molecule has 3 aromatic rings. The number of hydrogen-bond acceptors (Lipinski definition) is 5. The number of carbonyl (C=O) groups excluding carboxylic acids is 2. The average Bonchev–Trinajstić information content (AvgIpc) is 3.31. The number of H-pyrrole nitrogens is 1. The summed E-state index contributed by atoms with van der Waals surface area (Å²) in [7, 11) is 3.78. The van der Waals surface area contributed by atoms with Crippen molar-refractivity contribution in [3.63, 3.8) is 0 Å². The summed E-state index contributed by atoms with van der Waals surface area (Å²) in [6.07, 6.45) is 8.09. The first-order valence-electron chi connectivity index (χ1n) is 11.6. The normalized spacial score (nSPS) is 15.5. The van der Waals surface area contributed by atoms with E-state index in [1.165, 1.54) is 17.7 Å². The summed E-state index contributed by atoms with van der Waals surface area (Å²) in [5.41, 5.74) is 3.92. The molecule has 176 valence electrons. The summed E-state index contributed by atoms with van der Waals surface area (Å²) < 4.78 is 5.55. The number of methoxy groups -OCH3 is 1. The highest BCUT2D eigenvalue weighted by Gasteiger charge is 2.14. The van der Waals surface area contributed by atoms with E-state index in [2.05, 4.69) is 27.9 Å². The van der Waals surface area contributed by atoms with Crippen LogP contribution in [-0.4, -0.2) is 66.7 Å². The van der Waals surface area contributed by atoms with Gasteiger partial charge in [0.1, 0.15) is 5.75 Å². The third-order valence-electron chi connectivity index (χ3n) is 6.14. The average molecular weight is 458 g/mol. The maximum Gasteiger partial charge on any atom is 0.163 e. The smallest absolute Gasteiger partial charge is 0.163 e. The number of piperazine rings is 1. The zero-order valence-electron chi connectivity index (χ0n) is 19.8. The van der Waals surface area contributed by atoms with Gasteiger partial charge in [-0.15, -0.1) is 0 Å². The number of benzene rings is 2. The van der Waals surface area contributed by atoms with Crippen molar-refractivity contribution in [1.29, 1.82) is 0 Å². The van der Waals surface area contributed by atoms with Gasteiger partial charge in [0, 0.05) is 50.0 Å². The molecule has 1 saturated heterocycles. The summed E-state index contributed by atoms with van der Waals surface area (Å²) in [6.45, 7) is 5.15. The maximum absolute atomic E-state index is 12.3. The van der Waals surface area contributed by atoms with Crippen LogP contribution in [0.25, 0.3) is 23.1 Å². The van der Waals surface area contributed by atoms with Crippen LogP contribution in [-0.2, 0) is 16.1 Å². The fourth-order valence-corrected chi connectivity index (χ4v) is 4.09. The number of ether oxygens (including phenoxy) is 1. The molecule has 0 bridgehead atoms. The predicted molar refractivity (Wildman–Crippen MR) is 137 cm³/mol. The molecule has 1 aliphatic rings. The summed E-state index contributed by atoms with van der Waals surface area (Å²) in [6, 6.07) is 14.0.